The molecule has 0 bridgehead atoms. The molecule has 11 aromatic rings. The van der Waals surface area contributed by atoms with E-state index in [9.17, 15) is 4.79 Å². The fraction of sp³-hybridized carbons (Fsp3) is 0.0741. The molecular formula is C81H70Ir2N15OPt4S-3. The second-order valence-electron chi connectivity index (χ2n) is 22.9. The first-order valence-electron chi connectivity index (χ1n) is 31.3. The summed E-state index contributed by atoms with van der Waals surface area (Å²) >= 11 is 1.61. The zero-order chi connectivity index (χ0) is 67.7. The fourth-order valence-corrected chi connectivity index (χ4v) is 10.3. The van der Waals surface area contributed by atoms with E-state index in [1.807, 2.05) is 282 Å². The number of anilines is 7. The van der Waals surface area contributed by atoms with Crippen molar-refractivity contribution < 1.29 is 129 Å². The van der Waals surface area contributed by atoms with Crippen molar-refractivity contribution in [2.24, 2.45) is 4.99 Å². The van der Waals surface area contributed by atoms with Gasteiger partial charge >= 0.3 is 84.3 Å². The van der Waals surface area contributed by atoms with Crippen LogP contribution in [0.3, 0.4) is 0 Å². The van der Waals surface area contributed by atoms with Crippen LogP contribution in [0.1, 0.15) is 20.8 Å². The summed E-state index contributed by atoms with van der Waals surface area (Å²) < 4.78 is 1.67. The first-order chi connectivity index (χ1) is 48.0. The number of isocyanates is 1. The summed E-state index contributed by atoms with van der Waals surface area (Å²) in [7, 11) is 4.01. The van der Waals surface area contributed by atoms with E-state index in [1.165, 1.54) is 17.2 Å². The number of rotatable bonds is 11. The quantitative estimate of drug-likeness (QED) is 0.0697. The molecule has 5 aliphatic rings. The van der Waals surface area contributed by atoms with Crippen LogP contribution in [-0.2, 0) is 129 Å². The summed E-state index contributed by atoms with van der Waals surface area (Å²) in [5.41, 5.74) is 13.4. The maximum absolute atomic E-state index is 10.2. The van der Waals surface area contributed by atoms with E-state index in [0.29, 0.717) is 5.69 Å². The Kier molecular flexibility index (Phi) is 37.1. The third kappa shape index (κ3) is 25.6. The maximum atomic E-state index is 10.2. The van der Waals surface area contributed by atoms with Crippen LogP contribution in [0.15, 0.2) is 309 Å². The van der Waals surface area contributed by atoms with Gasteiger partial charge in [-0.05, 0) is 157 Å². The second-order valence-corrected chi connectivity index (χ2v) is 23.6. The normalized spacial score (nSPS) is 13.2. The molecule has 0 saturated heterocycles. The van der Waals surface area contributed by atoms with Crippen LogP contribution >= 0.6 is 11.3 Å². The van der Waals surface area contributed by atoms with Gasteiger partial charge in [0.1, 0.15) is 0 Å². The van der Waals surface area contributed by atoms with E-state index < -0.39 is 0 Å². The number of benzene rings is 8. The van der Waals surface area contributed by atoms with Crippen molar-refractivity contribution in [1.82, 2.24) is 34.7 Å². The van der Waals surface area contributed by atoms with E-state index in [0.717, 1.165) is 56.8 Å². The third-order valence-corrected chi connectivity index (χ3v) is 15.4. The SMILES string of the molecule is CC(C)(C)N1C=CN(c2[c-]cccc2)[CH-]1.CN1C=CN(c2[c-]ccc(-c3ccccc3)c2)[CH-]1.CN1C=CN(c2[c-]cccc2)[CH-]1.O=C=Nc1ccc(N2C=CN(c3[c-]csc3)[CH-]2)cc1.[Ir].[Ir].[Pt+2].[Pt+2].[Pt+2].[Pt+2].[c-]1ccc(-c2ccccn2)cc1-n1ccnn1.[c-]1ccccc1N1C=CN(c2ccccc2)[CH-]1. The molecule has 0 saturated carbocycles. The van der Waals surface area contributed by atoms with Gasteiger partial charge in [0, 0.05) is 75.2 Å². The molecule has 16 rings (SSSR count). The second kappa shape index (κ2) is 44.6. The van der Waals surface area contributed by atoms with Crippen molar-refractivity contribution >= 4 is 62.9 Å². The van der Waals surface area contributed by atoms with Gasteiger partial charge in [0.05, 0.1) is 11.9 Å². The van der Waals surface area contributed by atoms with E-state index in [-0.39, 0.29) is 130 Å². The van der Waals surface area contributed by atoms with Crippen LogP contribution in [0, 0.1) is 69.7 Å². The molecule has 8 aromatic carbocycles. The Morgan fingerprint density at radius 3 is 1.38 bits per heavy atom. The first-order valence-corrected chi connectivity index (χ1v) is 32.3. The minimum atomic E-state index is 0. The average molecular weight is 2470 g/mol. The Labute approximate surface area is 700 Å². The molecule has 16 nitrogen and oxygen atoms in total. The van der Waals surface area contributed by atoms with Gasteiger partial charge in [-0.3, -0.25) is 16.3 Å². The number of nitrogens with zero attached hydrogens (tertiary/aromatic N) is 15. The Bertz CT molecular complexity index is 4370. The summed E-state index contributed by atoms with van der Waals surface area (Å²) in [6, 6.07) is 88.8. The average Bonchev–Trinajstić information content (AvgIpc) is 1.80. The van der Waals surface area contributed by atoms with Gasteiger partial charge in [0.25, 0.3) is 0 Å². The molecule has 23 heteroatoms. The molecule has 0 spiro atoms. The van der Waals surface area contributed by atoms with Crippen LogP contribution in [-0.4, -0.2) is 60.4 Å². The number of para-hydroxylation sites is 4. The van der Waals surface area contributed by atoms with Crippen LogP contribution in [0.2, 0.25) is 0 Å². The number of aromatic nitrogens is 4. The summed E-state index contributed by atoms with van der Waals surface area (Å²) in [6.45, 7) is 16.7. The Morgan fingerprint density at radius 1 is 0.423 bits per heavy atom. The number of aliphatic imine (C=N–C) groups is 1. The Morgan fingerprint density at radius 2 is 0.894 bits per heavy atom. The van der Waals surface area contributed by atoms with Gasteiger partial charge in [-0.1, -0.05) is 59.8 Å². The van der Waals surface area contributed by atoms with Crippen molar-refractivity contribution in [2.45, 2.75) is 26.3 Å². The van der Waals surface area contributed by atoms with Gasteiger partial charge in [-0.15, -0.1) is 75.2 Å². The zero-order valence-corrected chi connectivity index (χ0v) is 71.4. The van der Waals surface area contributed by atoms with E-state index in [1.54, 1.807) is 46.7 Å². The summed E-state index contributed by atoms with van der Waals surface area (Å²) in [5.74, 6) is 0. The van der Waals surface area contributed by atoms with Crippen molar-refractivity contribution in [3.8, 4) is 28.1 Å². The molecule has 0 fully saturated rings. The summed E-state index contributed by atoms with van der Waals surface area (Å²) in [5, 5.41) is 11.7. The minimum absolute atomic E-state index is 0. The van der Waals surface area contributed by atoms with Gasteiger partial charge in [-0.25, -0.2) is 15.5 Å². The van der Waals surface area contributed by atoms with Crippen molar-refractivity contribution in [2.75, 3.05) is 48.4 Å². The molecule has 3 aromatic heterocycles. The molecule has 0 N–H and O–H groups in total. The topological polar surface area (TPSA) is 105 Å². The van der Waals surface area contributed by atoms with Crippen LogP contribution in [0.4, 0.5) is 45.5 Å². The number of hydrogen-bond donors (Lipinski definition) is 0. The van der Waals surface area contributed by atoms with E-state index >= 15 is 0 Å². The van der Waals surface area contributed by atoms with Crippen LogP contribution in [0.5, 0.6) is 0 Å². The number of thiophene rings is 1. The first kappa shape index (κ1) is 86.5. The van der Waals surface area contributed by atoms with Gasteiger partial charge in [-0.2, -0.15) is 158 Å². The molecule has 2 radical (unpaired) electrons. The van der Waals surface area contributed by atoms with Crippen molar-refractivity contribution in [1.29, 1.82) is 0 Å². The molecule has 5 aliphatic heterocycles. The van der Waals surface area contributed by atoms with Gasteiger partial charge in [0.15, 0.2) is 0 Å². The molecule has 0 atom stereocenters. The monoisotopic (exact) mass is 2470 g/mol. The summed E-state index contributed by atoms with van der Waals surface area (Å²) in [4.78, 5) is 38.5. The van der Waals surface area contributed by atoms with Crippen molar-refractivity contribution in [3.63, 3.8) is 0 Å². The Hall–Kier alpha value is -8.12. The predicted octanol–water partition coefficient (Wildman–Crippen LogP) is 17.3. The minimum Gasteiger partial charge on any atom is -0.510 e. The maximum Gasteiger partial charge on any atom is 2.00 e. The predicted molar refractivity (Wildman–Crippen MR) is 395 cm³/mol. The molecular weight excluding hydrogens is 2400 g/mol. The number of pyridine rings is 1. The molecule has 542 valence electrons. The van der Waals surface area contributed by atoms with Crippen LogP contribution in [0.25, 0.3) is 28.1 Å². The molecule has 0 amide bonds. The third-order valence-electron chi connectivity index (χ3n) is 14.8. The zero-order valence-electron chi connectivity index (χ0n) is 56.7. The van der Waals surface area contributed by atoms with Gasteiger partial charge in [0.2, 0.25) is 6.08 Å². The van der Waals surface area contributed by atoms with E-state index in [2.05, 4.69) is 165 Å². The van der Waals surface area contributed by atoms with E-state index in [4.69, 9.17) is 0 Å². The van der Waals surface area contributed by atoms with Crippen molar-refractivity contribution in [3.05, 3.63) is 373 Å². The molecule has 0 aliphatic carbocycles. The number of carbonyl (C=O) groups excluding carboxylic acids is 1. The molecule has 8 heterocycles. The number of hydrogen-bond acceptors (Lipinski definition) is 16. The molecule has 104 heavy (non-hydrogen) atoms. The Balaban J connectivity index is 0.000000223. The standard InChI is InChI=1S/C16H14N2.C15H12N2.C14H9N3OS.C13H9N4.C13H16N2.C10H10N2.2Ir.4Pt/c1-17-10-11-18(13-17)16-9-5-8-15(12-16)14-6-3-2-4-7-14;1-3-7-14(8-4-1)16-11-12-17(13-16)15-9-5-2-6-10-15;18-10-15-12-1-3-13(4-2-12)16-6-7-17(11-16)14-5-8-19-9-14;1-2-7-14-13(6-1)11-4-3-5-12(10-11)17-9-8-15-16-17;1-13(2,3)15-10-9-14(11-15)12-7-5-4-6-8-12;1-11-7-8-12(9-11)10-5-3-2-4-6-10;;;;;;/h2-8,10-13H,1H3;1-9,11-13H;1-4,6-9,11H;1-4,6-10H;4-7,9-11H,1-3H3;2-5,7-9H,1H3;;;;;;/q3*-2;-1;2*-2;;;4*+2. The van der Waals surface area contributed by atoms with Gasteiger partial charge < -0.3 is 49.0 Å². The molecule has 0 unspecified atom stereocenters. The summed E-state index contributed by atoms with van der Waals surface area (Å²) in [6.07, 6.45) is 26.9. The smallest absolute Gasteiger partial charge is 0.510 e. The largest absolute Gasteiger partial charge is 2.00 e. The van der Waals surface area contributed by atoms with Crippen LogP contribution < -0.4 is 34.3 Å². The fourth-order valence-electron chi connectivity index (χ4n) is 9.76.